The van der Waals surface area contributed by atoms with E-state index in [2.05, 4.69) is 15.9 Å². The number of benzene rings is 2. The molecule has 0 aromatic heterocycles. The molecule has 0 saturated heterocycles. The quantitative estimate of drug-likeness (QED) is 0.533. The first kappa shape index (κ1) is 15.2. The summed E-state index contributed by atoms with van der Waals surface area (Å²) in [5.41, 5.74) is 0.494. The predicted octanol–water partition coefficient (Wildman–Crippen LogP) is 5.25. The van der Waals surface area contributed by atoms with Crippen molar-refractivity contribution in [2.24, 2.45) is 0 Å². The Kier molecular flexibility index (Phi) is 4.60. The van der Waals surface area contributed by atoms with Gasteiger partial charge in [0.05, 0.1) is 11.9 Å². The minimum atomic E-state index is -1.50. The second kappa shape index (κ2) is 6.06. The molecule has 0 saturated carbocycles. The molecule has 0 heterocycles. The van der Waals surface area contributed by atoms with Crippen molar-refractivity contribution in [3.8, 4) is 5.75 Å². The van der Waals surface area contributed by atoms with E-state index in [-0.39, 0.29) is 5.56 Å². The van der Waals surface area contributed by atoms with Crippen molar-refractivity contribution in [3.63, 3.8) is 0 Å². The number of ether oxygens (including phenoxy) is 1. The molecule has 0 aliphatic rings. The maximum Gasteiger partial charge on any atom is 0.194 e. The van der Waals surface area contributed by atoms with Gasteiger partial charge in [-0.2, -0.15) is 0 Å². The van der Waals surface area contributed by atoms with Gasteiger partial charge in [0, 0.05) is 10.6 Å². The molecule has 0 N–H and O–H groups in total. The molecule has 0 aliphatic carbocycles. The number of halogens is 5. The third kappa shape index (κ3) is 2.79. The molecule has 1 unspecified atom stereocenters. The lowest BCUT2D eigenvalue weighted by molar-refractivity contribution is 0.414. The smallest absolute Gasteiger partial charge is 0.194 e. The van der Waals surface area contributed by atoms with Crippen LogP contribution in [-0.4, -0.2) is 7.11 Å². The van der Waals surface area contributed by atoms with E-state index in [0.717, 1.165) is 6.07 Å². The molecule has 0 fully saturated rings. The lowest BCUT2D eigenvalue weighted by Gasteiger charge is -2.14. The van der Waals surface area contributed by atoms with Crippen molar-refractivity contribution in [1.82, 2.24) is 0 Å². The molecule has 0 radical (unpaired) electrons. The summed E-state index contributed by atoms with van der Waals surface area (Å²) in [7, 11) is 1.49. The standard InChI is InChI=1S/C14H9BrClF3O/c1-20-7-2-3-8(10(16)6-7)12(15)9-4-5-11(17)14(19)13(9)18/h2-6,12H,1H3. The average Bonchev–Trinajstić information content (AvgIpc) is 2.44. The summed E-state index contributed by atoms with van der Waals surface area (Å²) in [6.07, 6.45) is 0. The van der Waals surface area contributed by atoms with Crippen LogP contribution in [0.5, 0.6) is 5.75 Å². The van der Waals surface area contributed by atoms with Crippen molar-refractivity contribution in [2.75, 3.05) is 7.11 Å². The van der Waals surface area contributed by atoms with E-state index < -0.39 is 22.3 Å². The van der Waals surface area contributed by atoms with Crippen molar-refractivity contribution >= 4 is 27.5 Å². The minimum Gasteiger partial charge on any atom is -0.497 e. The van der Waals surface area contributed by atoms with Gasteiger partial charge in [-0.25, -0.2) is 13.2 Å². The van der Waals surface area contributed by atoms with Crippen LogP contribution in [0.15, 0.2) is 30.3 Å². The molecule has 1 nitrogen and oxygen atoms in total. The summed E-state index contributed by atoms with van der Waals surface area (Å²) in [5.74, 6) is -3.42. The summed E-state index contributed by atoms with van der Waals surface area (Å²) in [5, 5.41) is 0.329. The summed E-state index contributed by atoms with van der Waals surface area (Å²) in [4.78, 5) is -0.698. The van der Waals surface area contributed by atoms with Crippen LogP contribution in [0.1, 0.15) is 16.0 Å². The molecule has 0 amide bonds. The first-order valence-electron chi connectivity index (χ1n) is 5.56. The Morgan fingerprint density at radius 1 is 1.05 bits per heavy atom. The van der Waals surface area contributed by atoms with E-state index >= 15 is 0 Å². The van der Waals surface area contributed by atoms with Crippen LogP contribution >= 0.6 is 27.5 Å². The Morgan fingerprint density at radius 3 is 2.30 bits per heavy atom. The van der Waals surface area contributed by atoms with Gasteiger partial charge in [0.25, 0.3) is 0 Å². The first-order valence-corrected chi connectivity index (χ1v) is 6.86. The van der Waals surface area contributed by atoms with Crippen molar-refractivity contribution < 1.29 is 17.9 Å². The molecule has 0 aliphatic heterocycles. The van der Waals surface area contributed by atoms with E-state index in [1.807, 2.05) is 0 Å². The molecule has 2 aromatic rings. The molecule has 6 heteroatoms. The number of rotatable bonds is 3. The van der Waals surface area contributed by atoms with E-state index in [1.165, 1.54) is 13.2 Å². The van der Waals surface area contributed by atoms with Crippen LogP contribution in [0, 0.1) is 17.5 Å². The molecule has 0 bridgehead atoms. The molecule has 2 rings (SSSR count). The van der Waals surface area contributed by atoms with Gasteiger partial charge in [0.15, 0.2) is 17.5 Å². The Morgan fingerprint density at radius 2 is 1.70 bits per heavy atom. The number of alkyl halides is 1. The van der Waals surface area contributed by atoms with Gasteiger partial charge in [0.2, 0.25) is 0 Å². The zero-order chi connectivity index (χ0) is 14.9. The topological polar surface area (TPSA) is 9.23 Å². The van der Waals surface area contributed by atoms with Crippen LogP contribution < -0.4 is 4.74 Å². The third-order valence-electron chi connectivity index (χ3n) is 2.82. The third-order valence-corrected chi connectivity index (χ3v) is 4.13. The zero-order valence-electron chi connectivity index (χ0n) is 10.3. The van der Waals surface area contributed by atoms with Crippen molar-refractivity contribution in [2.45, 2.75) is 4.83 Å². The van der Waals surface area contributed by atoms with E-state index in [1.54, 1.807) is 18.2 Å². The molecule has 1 atom stereocenters. The van der Waals surface area contributed by atoms with Crippen LogP contribution in [0.2, 0.25) is 5.02 Å². The molecule has 2 aromatic carbocycles. The van der Waals surface area contributed by atoms with Gasteiger partial charge in [-0.1, -0.05) is 39.7 Å². The van der Waals surface area contributed by atoms with Gasteiger partial charge in [0.1, 0.15) is 5.75 Å². The second-order valence-electron chi connectivity index (χ2n) is 4.01. The van der Waals surface area contributed by atoms with E-state index in [4.69, 9.17) is 16.3 Å². The Hall–Kier alpha value is -1.20. The van der Waals surface area contributed by atoms with Crippen LogP contribution in [0.25, 0.3) is 0 Å². The summed E-state index contributed by atoms with van der Waals surface area (Å²) < 4.78 is 45.0. The Balaban J connectivity index is 2.46. The Bertz CT molecular complexity index is 649. The molecule has 106 valence electrons. The number of methoxy groups -OCH3 is 1. The fourth-order valence-corrected chi connectivity index (χ4v) is 2.91. The number of hydrogen-bond donors (Lipinski definition) is 0. The first-order chi connectivity index (χ1) is 9.45. The largest absolute Gasteiger partial charge is 0.497 e. The molecular weight excluding hydrogens is 357 g/mol. The maximum absolute atomic E-state index is 13.8. The SMILES string of the molecule is COc1ccc(C(Br)c2ccc(F)c(F)c2F)c(Cl)c1. The highest BCUT2D eigenvalue weighted by Gasteiger charge is 2.22. The number of hydrogen-bond acceptors (Lipinski definition) is 1. The molecular formula is C14H9BrClF3O. The highest BCUT2D eigenvalue weighted by Crippen LogP contribution is 2.38. The van der Waals surface area contributed by atoms with Crippen LogP contribution in [0.3, 0.4) is 0 Å². The monoisotopic (exact) mass is 364 g/mol. The van der Waals surface area contributed by atoms with Gasteiger partial charge >= 0.3 is 0 Å². The minimum absolute atomic E-state index is 0.0315. The summed E-state index contributed by atoms with van der Waals surface area (Å²) >= 11 is 9.32. The van der Waals surface area contributed by atoms with Gasteiger partial charge < -0.3 is 4.74 Å². The average molecular weight is 366 g/mol. The Labute approximate surface area is 127 Å². The highest BCUT2D eigenvalue weighted by atomic mass is 79.9. The van der Waals surface area contributed by atoms with Crippen LogP contribution in [0.4, 0.5) is 13.2 Å². The van der Waals surface area contributed by atoms with E-state index in [9.17, 15) is 13.2 Å². The lowest BCUT2D eigenvalue weighted by atomic mass is 10.0. The summed E-state index contributed by atoms with van der Waals surface area (Å²) in [6.45, 7) is 0. The van der Waals surface area contributed by atoms with Gasteiger partial charge in [-0.05, 0) is 23.8 Å². The maximum atomic E-state index is 13.8. The van der Waals surface area contributed by atoms with Gasteiger partial charge in [-0.3, -0.25) is 0 Å². The molecule has 0 spiro atoms. The van der Waals surface area contributed by atoms with E-state index in [0.29, 0.717) is 16.3 Å². The fraction of sp³-hybridized carbons (Fsp3) is 0.143. The lowest BCUT2D eigenvalue weighted by Crippen LogP contribution is -2.02. The normalized spacial score (nSPS) is 12.3. The molecule has 20 heavy (non-hydrogen) atoms. The predicted molar refractivity (Wildman–Crippen MR) is 75.1 cm³/mol. The fourth-order valence-electron chi connectivity index (χ4n) is 1.74. The van der Waals surface area contributed by atoms with Gasteiger partial charge in [-0.15, -0.1) is 0 Å². The second-order valence-corrected chi connectivity index (χ2v) is 5.34. The zero-order valence-corrected chi connectivity index (χ0v) is 12.6. The summed E-state index contributed by atoms with van der Waals surface area (Å²) in [6, 6.07) is 6.88. The van der Waals surface area contributed by atoms with Crippen LogP contribution in [-0.2, 0) is 0 Å². The van der Waals surface area contributed by atoms with Crippen molar-refractivity contribution in [1.29, 1.82) is 0 Å². The van der Waals surface area contributed by atoms with Crippen molar-refractivity contribution in [3.05, 3.63) is 63.9 Å². The highest BCUT2D eigenvalue weighted by molar-refractivity contribution is 9.09.